The zero-order chi connectivity index (χ0) is 6.10. The Kier molecular flexibility index (Phi) is 5.45. The van der Waals surface area contributed by atoms with Crippen LogP contribution in [-0.4, -0.2) is 0 Å². The zero-order valence-electron chi connectivity index (χ0n) is 5.98. The molecule has 0 aromatic heterocycles. The number of rotatable bonds is 2. The Morgan fingerprint density at radius 1 is 1.09 bits per heavy atom. The van der Waals surface area contributed by atoms with Crippen LogP contribution >= 0.6 is 0 Å². The van der Waals surface area contributed by atoms with Crippen LogP contribution in [0.15, 0.2) is 32.1 Å². The first-order valence-electron chi connectivity index (χ1n) is 3.27. The van der Waals surface area contributed by atoms with E-state index in [1.165, 1.54) is 12.8 Å². The Balaban J connectivity index is 0.000000500. The topological polar surface area (TPSA) is 0 Å². The first-order chi connectivity index (χ1) is 4.45. The summed E-state index contributed by atoms with van der Waals surface area (Å²) in [5.41, 5.74) is 0. The fourth-order valence-electron chi connectivity index (χ4n) is 0.899. The van der Waals surface area contributed by atoms with Gasteiger partial charge in [-0.15, -0.1) is 0 Å². The Morgan fingerprint density at radius 2 is 1.82 bits per heavy atom. The number of allylic oxidation sites excluding steroid dienone is 6. The van der Waals surface area contributed by atoms with E-state index in [1.807, 2.05) is 0 Å². The summed E-state index contributed by atoms with van der Waals surface area (Å²) in [5, 5.41) is 0. The summed E-state index contributed by atoms with van der Waals surface area (Å²) < 4.78 is 3.46. The van der Waals surface area contributed by atoms with Gasteiger partial charge in [-0.25, -0.2) is 0 Å². The molecule has 58 valence electrons. The zero-order valence-corrected chi connectivity index (χ0v) is 9.05. The summed E-state index contributed by atoms with van der Waals surface area (Å²) in [4.78, 5) is 0. The van der Waals surface area contributed by atoms with Gasteiger partial charge in [0.05, 0.1) is 0 Å². The van der Waals surface area contributed by atoms with Crippen molar-refractivity contribution in [3.05, 3.63) is 32.1 Å². The van der Waals surface area contributed by atoms with Crippen LogP contribution in [0.25, 0.3) is 0 Å². The van der Waals surface area contributed by atoms with Crippen molar-refractivity contribution in [1.82, 2.24) is 0 Å². The van der Waals surface area contributed by atoms with Crippen molar-refractivity contribution < 1.29 is 44.0 Å². The largest absolute Gasteiger partial charge is 1.00 e. The predicted octanol–water partition coefficient (Wildman–Crippen LogP) is -3.79. The third-order valence-corrected chi connectivity index (χ3v) is 3.72. The van der Waals surface area contributed by atoms with Crippen LogP contribution in [0.2, 0.25) is 0 Å². The molecule has 0 heterocycles. The fourth-order valence-corrected chi connectivity index (χ4v) is 2.65. The fraction of sp³-hybridized carbons (Fsp3) is 0.250. The minimum Gasteiger partial charge on any atom is -1.00 e. The van der Waals surface area contributed by atoms with Crippen LogP contribution in [0, 0.1) is 0 Å². The van der Waals surface area contributed by atoms with E-state index in [0.29, 0.717) is 0 Å². The summed E-state index contributed by atoms with van der Waals surface area (Å²) >= 11 is 0.208. The Labute approximate surface area is 88.6 Å². The van der Waals surface area contributed by atoms with E-state index in [4.69, 9.17) is 0 Å². The van der Waals surface area contributed by atoms with E-state index >= 15 is 0 Å². The van der Waals surface area contributed by atoms with Crippen molar-refractivity contribution >= 4 is 0 Å². The minimum absolute atomic E-state index is 0. The van der Waals surface area contributed by atoms with Crippen molar-refractivity contribution in [2.24, 2.45) is 0 Å². The molecule has 0 atom stereocenters. The SMILES string of the molecule is C1=CC[C]([Ti+2][C]2=CC2)=C1.[Cl-].[Cl-]. The van der Waals surface area contributed by atoms with E-state index < -0.39 is 0 Å². The molecule has 2 rings (SSSR count). The summed E-state index contributed by atoms with van der Waals surface area (Å²) in [5.74, 6) is 0. The maximum atomic E-state index is 2.36. The molecule has 0 radical (unpaired) electrons. The summed E-state index contributed by atoms with van der Waals surface area (Å²) in [6.45, 7) is 0. The summed E-state index contributed by atoms with van der Waals surface area (Å²) in [6, 6.07) is 0. The van der Waals surface area contributed by atoms with Gasteiger partial charge in [0.25, 0.3) is 0 Å². The van der Waals surface area contributed by atoms with Gasteiger partial charge in [-0.2, -0.15) is 0 Å². The second-order valence-corrected chi connectivity index (χ2v) is 4.78. The van der Waals surface area contributed by atoms with E-state index in [0.717, 1.165) is 0 Å². The van der Waals surface area contributed by atoms with E-state index in [1.54, 1.807) is 7.76 Å². The van der Waals surface area contributed by atoms with Crippen molar-refractivity contribution in [2.45, 2.75) is 12.8 Å². The predicted molar refractivity (Wildman–Crippen MR) is 34.5 cm³/mol. The van der Waals surface area contributed by atoms with Crippen LogP contribution in [0.4, 0.5) is 0 Å². The average Bonchev–Trinajstić information content (AvgIpc) is 2.46. The summed E-state index contributed by atoms with van der Waals surface area (Å²) in [7, 11) is 0. The second-order valence-electron chi connectivity index (χ2n) is 2.38. The number of halogens is 2. The molecule has 0 aliphatic heterocycles. The van der Waals surface area contributed by atoms with Gasteiger partial charge in [-0.05, 0) is 0 Å². The first kappa shape index (κ1) is 11.5. The smallest absolute Gasteiger partial charge is 1.00 e. The maximum Gasteiger partial charge on any atom is -1.00 e. The van der Waals surface area contributed by atoms with Crippen LogP contribution in [0.3, 0.4) is 0 Å². The second kappa shape index (κ2) is 5.21. The van der Waals surface area contributed by atoms with Gasteiger partial charge in [0.2, 0.25) is 0 Å². The molecule has 0 aromatic rings. The third kappa shape index (κ3) is 3.62. The van der Waals surface area contributed by atoms with Crippen molar-refractivity contribution in [2.75, 3.05) is 0 Å². The number of hydrogen-bond donors (Lipinski definition) is 0. The molecule has 0 amide bonds. The van der Waals surface area contributed by atoms with Gasteiger partial charge < -0.3 is 24.8 Å². The van der Waals surface area contributed by atoms with Gasteiger partial charge in [-0.1, -0.05) is 0 Å². The molecule has 2 aliphatic rings. The van der Waals surface area contributed by atoms with Gasteiger partial charge in [0, 0.05) is 0 Å². The molecule has 0 nitrogen and oxygen atoms in total. The maximum absolute atomic E-state index is 2.36. The van der Waals surface area contributed by atoms with Crippen molar-refractivity contribution in [3.63, 3.8) is 0 Å². The standard InChI is InChI=1S/C5H5.C3H3.2ClH.Ti/c1-2-4-5-3-1;1-2-3-1;;;/h1-3H,4H2;1H,2H2;2*1H;/q;;;;+2/p-2. The molecule has 2 aliphatic carbocycles. The molecule has 0 saturated carbocycles. The van der Waals surface area contributed by atoms with E-state index in [2.05, 4.69) is 24.3 Å². The van der Waals surface area contributed by atoms with Crippen molar-refractivity contribution in [3.8, 4) is 0 Å². The molecular weight excluding hydrogens is 215 g/mol. The van der Waals surface area contributed by atoms with Gasteiger partial charge in [0.15, 0.2) is 0 Å². The van der Waals surface area contributed by atoms with Gasteiger partial charge in [-0.3, -0.25) is 0 Å². The number of hydrogen-bond acceptors (Lipinski definition) is 0. The molecule has 0 unspecified atom stereocenters. The van der Waals surface area contributed by atoms with E-state index in [9.17, 15) is 0 Å². The normalized spacial score (nSPS) is 17.1. The third-order valence-electron chi connectivity index (χ3n) is 1.50. The molecule has 3 heteroatoms. The average molecular weight is 223 g/mol. The first-order valence-corrected chi connectivity index (χ1v) is 4.83. The molecule has 0 N–H and O–H groups in total. The molecule has 0 fully saturated rings. The van der Waals surface area contributed by atoms with Gasteiger partial charge in [0.1, 0.15) is 0 Å². The van der Waals surface area contributed by atoms with Crippen LogP contribution in [0.5, 0.6) is 0 Å². The summed E-state index contributed by atoms with van der Waals surface area (Å²) in [6.07, 6.45) is 11.7. The molecular formula is C8H8Cl2Ti. The molecule has 0 spiro atoms. The van der Waals surface area contributed by atoms with Crippen molar-refractivity contribution in [1.29, 1.82) is 0 Å². The van der Waals surface area contributed by atoms with E-state index in [-0.39, 0.29) is 44.0 Å². The Bertz CT molecular complexity index is 216. The van der Waals surface area contributed by atoms with Crippen LogP contribution in [0.1, 0.15) is 12.8 Å². The van der Waals surface area contributed by atoms with Crippen LogP contribution in [-0.2, 0) is 19.2 Å². The van der Waals surface area contributed by atoms with Crippen LogP contribution < -0.4 is 24.8 Å². The monoisotopic (exact) mass is 222 g/mol. The van der Waals surface area contributed by atoms with Gasteiger partial charge >= 0.3 is 64.1 Å². The molecule has 0 saturated heterocycles. The molecule has 11 heavy (non-hydrogen) atoms. The minimum atomic E-state index is 0. The Morgan fingerprint density at radius 3 is 2.27 bits per heavy atom. The Hall–Kier alpha value is 0.514. The molecule has 0 aromatic carbocycles. The quantitative estimate of drug-likeness (QED) is 0.421. The molecule has 0 bridgehead atoms.